The number of sulfonamides is 1. The lowest BCUT2D eigenvalue weighted by atomic mass is 9.96. The number of nitrogens with zero attached hydrogens (tertiary/aromatic N) is 3. The van der Waals surface area contributed by atoms with Gasteiger partial charge in [-0.3, -0.25) is 4.90 Å². The zero-order valence-electron chi connectivity index (χ0n) is 14.1. The third-order valence-electron chi connectivity index (χ3n) is 5.52. The van der Waals surface area contributed by atoms with Crippen molar-refractivity contribution in [2.75, 3.05) is 59.5 Å². The molecular weight excluding hydrogens is 316 g/mol. The van der Waals surface area contributed by atoms with E-state index in [1.807, 2.05) is 0 Å². The molecular formula is C15H30N4O3S. The van der Waals surface area contributed by atoms with Crippen molar-refractivity contribution in [1.29, 1.82) is 0 Å². The lowest BCUT2D eigenvalue weighted by molar-refractivity contribution is 0.0697. The van der Waals surface area contributed by atoms with E-state index in [4.69, 9.17) is 10.5 Å². The number of ether oxygens (including phenoxy) is 1. The van der Waals surface area contributed by atoms with Gasteiger partial charge >= 0.3 is 0 Å². The Balaban J connectivity index is 1.55. The molecule has 8 heteroatoms. The van der Waals surface area contributed by atoms with Crippen LogP contribution in [0.1, 0.15) is 19.3 Å². The summed E-state index contributed by atoms with van der Waals surface area (Å²) in [5.41, 5.74) is 6.31. The molecule has 3 aliphatic rings. The van der Waals surface area contributed by atoms with Gasteiger partial charge in [-0.1, -0.05) is 0 Å². The molecule has 0 saturated carbocycles. The average molecular weight is 346 g/mol. The molecule has 0 amide bonds. The Morgan fingerprint density at radius 1 is 1.00 bits per heavy atom. The van der Waals surface area contributed by atoms with E-state index in [9.17, 15) is 8.42 Å². The molecule has 2 atom stereocenters. The monoisotopic (exact) mass is 346 g/mol. The van der Waals surface area contributed by atoms with Crippen LogP contribution in [-0.4, -0.2) is 99.4 Å². The third-order valence-corrected chi connectivity index (χ3v) is 7.92. The van der Waals surface area contributed by atoms with Crippen molar-refractivity contribution in [3.8, 4) is 0 Å². The van der Waals surface area contributed by atoms with Gasteiger partial charge in [0.2, 0.25) is 10.0 Å². The van der Waals surface area contributed by atoms with Gasteiger partial charge < -0.3 is 15.4 Å². The Morgan fingerprint density at radius 3 is 2.26 bits per heavy atom. The minimum atomic E-state index is -3.17. The van der Waals surface area contributed by atoms with E-state index < -0.39 is 10.0 Å². The predicted molar refractivity (Wildman–Crippen MR) is 89.8 cm³/mol. The number of hydrogen-bond acceptors (Lipinski definition) is 6. The molecule has 3 saturated heterocycles. The summed E-state index contributed by atoms with van der Waals surface area (Å²) in [6, 6.07) is 0.569. The second-order valence-corrected chi connectivity index (χ2v) is 9.29. The van der Waals surface area contributed by atoms with Gasteiger partial charge in [0.1, 0.15) is 0 Å². The summed E-state index contributed by atoms with van der Waals surface area (Å²) in [5.74, 6) is 0. The molecule has 0 aromatic carbocycles. The fourth-order valence-electron chi connectivity index (χ4n) is 4.11. The first kappa shape index (κ1) is 17.6. The highest BCUT2D eigenvalue weighted by Gasteiger charge is 2.38. The van der Waals surface area contributed by atoms with Crippen LogP contribution in [0.5, 0.6) is 0 Å². The van der Waals surface area contributed by atoms with Crippen molar-refractivity contribution in [1.82, 2.24) is 14.1 Å². The summed E-state index contributed by atoms with van der Waals surface area (Å²) in [6.45, 7) is 5.73. The molecule has 0 aliphatic carbocycles. The van der Waals surface area contributed by atoms with Crippen LogP contribution in [0.4, 0.5) is 0 Å². The molecule has 0 aromatic heterocycles. The van der Waals surface area contributed by atoms with E-state index in [0.29, 0.717) is 32.3 Å². The first-order valence-corrected chi connectivity index (χ1v) is 10.2. The maximum atomic E-state index is 12.8. The summed E-state index contributed by atoms with van der Waals surface area (Å²) in [7, 11) is -1.07. The third kappa shape index (κ3) is 3.88. The Labute approximate surface area is 139 Å². The Kier molecular flexibility index (Phi) is 5.60. The van der Waals surface area contributed by atoms with Gasteiger partial charge in [0, 0.05) is 31.7 Å². The van der Waals surface area contributed by atoms with Gasteiger partial charge in [0.05, 0.1) is 18.5 Å². The quantitative estimate of drug-likeness (QED) is 0.717. The van der Waals surface area contributed by atoms with Crippen LogP contribution < -0.4 is 5.73 Å². The first-order chi connectivity index (χ1) is 11.0. The minimum Gasteiger partial charge on any atom is -0.379 e. The van der Waals surface area contributed by atoms with Crippen LogP contribution in [0.15, 0.2) is 0 Å². The zero-order chi connectivity index (χ0) is 16.4. The lowest BCUT2D eigenvalue weighted by Gasteiger charge is -2.44. The molecule has 7 nitrogen and oxygen atoms in total. The molecule has 2 unspecified atom stereocenters. The number of hydrogen-bond donors (Lipinski definition) is 1. The molecule has 0 radical (unpaired) electrons. The van der Waals surface area contributed by atoms with Crippen LogP contribution in [0, 0.1) is 0 Å². The Morgan fingerprint density at radius 2 is 1.65 bits per heavy atom. The largest absolute Gasteiger partial charge is 0.379 e. The maximum Gasteiger partial charge on any atom is 0.217 e. The Bertz CT molecular complexity index is 487. The van der Waals surface area contributed by atoms with Gasteiger partial charge in [-0.25, -0.2) is 8.42 Å². The molecule has 3 rings (SSSR count). The summed E-state index contributed by atoms with van der Waals surface area (Å²) in [6.07, 6.45) is 2.52. The molecule has 0 aromatic rings. The van der Waals surface area contributed by atoms with Gasteiger partial charge in [0.25, 0.3) is 0 Å². The number of likely N-dealkylation sites (N-methyl/N-ethyl adjacent to an activating group) is 1. The molecule has 0 bridgehead atoms. The molecule has 2 N–H and O–H groups in total. The van der Waals surface area contributed by atoms with Crippen molar-refractivity contribution >= 4 is 10.0 Å². The average Bonchev–Trinajstić information content (AvgIpc) is 2.56. The number of nitrogens with two attached hydrogens (primary N) is 1. The minimum absolute atomic E-state index is 0.168. The topological polar surface area (TPSA) is 79.1 Å². The van der Waals surface area contributed by atoms with Crippen molar-refractivity contribution in [3.05, 3.63) is 0 Å². The van der Waals surface area contributed by atoms with E-state index in [1.165, 1.54) is 0 Å². The summed E-state index contributed by atoms with van der Waals surface area (Å²) in [4.78, 5) is 4.69. The van der Waals surface area contributed by atoms with E-state index in [0.717, 1.165) is 45.4 Å². The highest BCUT2D eigenvalue weighted by atomic mass is 32.2. The standard InChI is InChI=1S/C15H30N4O3S/c1-17-5-4-15(14(16)12-17)18-6-2-13(3-7-18)23(20,21)19-8-10-22-11-9-19/h13-15H,2-12,16H2,1H3. The van der Waals surface area contributed by atoms with Gasteiger partial charge in [-0.2, -0.15) is 4.31 Å². The molecule has 3 heterocycles. The molecule has 3 fully saturated rings. The van der Waals surface area contributed by atoms with E-state index >= 15 is 0 Å². The highest BCUT2D eigenvalue weighted by Crippen LogP contribution is 2.25. The van der Waals surface area contributed by atoms with Crippen molar-refractivity contribution in [3.63, 3.8) is 0 Å². The molecule has 23 heavy (non-hydrogen) atoms. The van der Waals surface area contributed by atoms with Gasteiger partial charge in [-0.15, -0.1) is 0 Å². The van der Waals surface area contributed by atoms with Crippen LogP contribution in [-0.2, 0) is 14.8 Å². The number of piperidine rings is 2. The van der Waals surface area contributed by atoms with E-state index in [2.05, 4.69) is 16.8 Å². The number of morpholine rings is 1. The first-order valence-electron chi connectivity index (χ1n) is 8.73. The van der Waals surface area contributed by atoms with Crippen LogP contribution in [0.2, 0.25) is 0 Å². The second kappa shape index (κ2) is 7.33. The summed E-state index contributed by atoms with van der Waals surface area (Å²) in [5, 5.41) is -0.237. The van der Waals surface area contributed by atoms with Crippen LogP contribution in [0.25, 0.3) is 0 Å². The SMILES string of the molecule is CN1CCC(N2CCC(S(=O)(=O)N3CCOCC3)CC2)C(N)C1. The van der Waals surface area contributed by atoms with Crippen molar-refractivity contribution in [2.45, 2.75) is 36.6 Å². The highest BCUT2D eigenvalue weighted by molar-refractivity contribution is 7.89. The second-order valence-electron chi connectivity index (χ2n) is 7.07. The molecule has 0 spiro atoms. The fraction of sp³-hybridized carbons (Fsp3) is 1.00. The van der Waals surface area contributed by atoms with Crippen LogP contribution in [0.3, 0.4) is 0 Å². The smallest absolute Gasteiger partial charge is 0.217 e. The lowest BCUT2D eigenvalue weighted by Crippen LogP contribution is -2.59. The van der Waals surface area contributed by atoms with Gasteiger partial charge in [-0.05, 0) is 45.9 Å². The maximum absolute atomic E-state index is 12.8. The van der Waals surface area contributed by atoms with Crippen molar-refractivity contribution < 1.29 is 13.2 Å². The van der Waals surface area contributed by atoms with E-state index in [1.54, 1.807) is 4.31 Å². The Hall–Kier alpha value is -0.250. The number of likely N-dealkylation sites (tertiary alicyclic amines) is 2. The van der Waals surface area contributed by atoms with Crippen molar-refractivity contribution in [2.24, 2.45) is 5.73 Å². The predicted octanol–water partition coefficient (Wildman–Crippen LogP) is -0.856. The fourth-order valence-corrected chi connectivity index (χ4v) is 6.00. The summed E-state index contributed by atoms with van der Waals surface area (Å²) < 4.78 is 32.4. The zero-order valence-corrected chi connectivity index (χ0v) is 14.9. The van der Waals surface area contributed by atoms with Gasteiger partial charge in [0.15, 0.2) is 0 Å². The van der Waals surface area contributed by atoms with Crippen LogP contribution >= 0.6 is 0 Å². The van der Waals surface area contributed by atoms with E-state index in [-0.39, 0.29) is 11.3 Å². The normalized spacial score (nSPS) is 33.8. The number of rotatable bonds is 3. The summed E-state index contributed by atoms with van der Waals surface area (Å²) >= 11 is 0. The molecule has 134 valence electrons. The molecule has 3 aliphatic heterocycles.